The molecule has 2 rings (SSSR count). The first-order valence-electron chi connectivity index (χ1n) is 3.44. The van der Waals surface area contributed by atoms with Gasteiger partial charge in [-0.15, -0.1) is 7.77 Å². The van der Waals surface area contributed by atoms with E-state index in [1.807, 2.05) is 0 Å². The van der Waals surface area contributed by atoms with Gasteiger partial charge in [-0.2, -0.15) is 18.4 Å². The summed E-state index contributed by atoms with van der Waals surface area (Å²) in [7, 11) is 0. The molecule has 0 N–H and O–H groups in total. The van der Waals surface area contributed by atoms with Gasteiger partial charge in [0, 0.05) is 12.4 Å². The van der Waals surface area contributed by atoms with Crippen molar-refractivity contribution < 1.29 is 7.77 Å². The highest BCUT2D eigenvalue weighted by molar-refractivity contribution is 8.22. The standard InChI is InChI=1S/C6H6F2N4S/c7-13(8,11-5-1-3-9-11)12-6-2-4-10-12/h1-6H. The van der Waals surface area contributed by atoms with Crippen LogP contribution < -0.4 is 0 Å². The zero-order chi connectivity index (χ0) is 9.31. The molecule has 0 aromatic carbocycles. The molecule has 2 aromatic heterocycles. The molecule has 0 aliphatic rings. The SMILES string of the molecule is FS(F)(n1cccn1)n1cccn1. The quantitative estimate of drug-likeness (QED) is 0.748. The van der Waals surface area contributed by atoms with Gasteiger partial charge in [-0.05, 0) is 12.1 Å². The molecule has 7 heteroatoms. The second kappa shape index (κ2) is 2.84. The number of hydrogen-bond acceptors (Lipinski definition) is 2. The fourth-order valence-corrected chi connectivity index (χ4v) is 1.80. The van der Waals surface area contributed by atoms with E-state index in [0.29, 0.717) is 8.17 Å². The highest BCUT2D eigenvalue weighted by Gasteiger charge is 2.28. The summed E-state index contributed by atoms with van der Waals surface area (Å²) in [6.45, 7) is 0. The van der Waals surface area contributed by atoms with E-state index in [4.69, 9.17) is 0 Å². The minimum Gasteiger partial charge on any atom is -0.166 e. The molecule has 0 saturated heterocycles. The Morgan fingerprint density at radius 1 is 0.923 bits per heavy atom. The van der Waals surface area contributed by atoms with Gasteiger partial charge < -0.3 is 0 Å². The Kier molecular flexibility index (Phi) is 1.80. The van der Waals surface area contributed by atoms with Gasteiger partial charge >= 0.3 is 0 Å². The summed E-state index contributed by atoms with van der Waals surface area (Å²) in [5.74, 6) is 0. The Balaban J connectivity index is 2.42. The lowest BCUT2D eigenvalue weighted by molar-refractivity contribution is 0.654. The molecule has 70 valence electrons. The molecule has 0 aliphatic carbocycles. The summed E-state index contributed by atoms with van der Waals surface area (Å²) in [5.41, 5.74) is 0. The molecule has 0 aliphatic heterocycles. The van der Waals surface area contributed by atoms with Crippen molar-refractivity contribution in [2.24, 2.45) is 0 Å². The number of hydrogen-bond donors (Lipinski definition) is 0. The number of rotatable bonds is 2. The van der Waals surface area contributed by atoms with Crippen LogP contribution in [0.4, 0.5) is 7.77 Å². The summed E-state index contributed by atoms with van der Waals surface area (Å²) in [6.07, 6.45) is 5.06. The average molecular weight is 204 g/mol. The molecular weight excluding hydrogens is 198 g/mol. The second-order valence-corrected chi connectivity index (χ2v) is 3.81. The summed E-state index contributed by atoms with van der Waals surface area (Å²) < 4.78 is 28.1. The zero-order valence-corrected chi connectivity index (χ0v) is 7.23. The van der Waals surface area contributed by atoms with E-state index in [1.165, 1.54) is 36.9 Å². The lowest BCUT2D eigenvalue weighted by Crippen LogP contribution is -2.10. The summed E-state index contributed by atoms with van der Waals surface area (Å²) in [5, 5.41) is 6.97. The van der Waals surface area contributed by atoms with E-state index in [-0.39, 0.29) is 0 Å². The van der Waals surface area contributed by atoms with Crippen LogP contribution in [0.15, 0.2) is 36.9 Å². The molecule has 0 fully saturated rings. The molecule has 0 saturated carbocycles. The second-order valence-electron chi connectivity index (χ2n) is 2.23. The van der Waals surface area contributed by atoms with Gasteiger partial charge in [0.25, 0.3) is 11.2 Å². The Morgan fingerprint density at radius 3 is 1.69 bits per heavy atom. The first-order valence-corrected chi connectivity index (χ1v) is 4.79. The summed E-state index contributed by atoms with van der Waals surface area (Å²) in [6, 6.07) is 2.90. The van der Waals surface area contributed by atoms with Crippen LogP contribution in [0.5, 0.6) is 0 Å². The molecule has 0 bridgehead atoms. The molecule has 2 heterocycles. The number of halogens is 2. The Hall–Kier alpha value is -1.37. The fraction of sp³-hybridized carbons (Fsp3) is 0. The maximum absolute atomic E-state index is 13.4. The molecule has 0 radical (unpaired) electrons. The third kappa shape index (κ3) is 1.31. The molecular formula is C6H6F2N4S. The van der Waals surface area contributed by atoms with Crippen molar-refractivity contribution in [2.45, 2.75) is 0 Å². The van der Waals surface area contributed by atoms with Crippen molar-refractivity contribution >= 4 is 11.2 Å². The molecule has 0 amide bonds. The van der Waals surface area contributed by atoms with Crippen LogP contribution >= 0.6 is 11.2 Å². The van der Waals surface area contributed by atoms with Gasteiger partial charge in [0.1, 0.15) is 0 Å². The highest BCUT2D eigenvalue weighted by Crippen LogP contribution is 2.51. The Labute approximate surface area is 75.0 Å². The minimum atomic E-state index is -4.14. The van der Waals surface area contributed by atoms with Crippen molar-refractivity contribution in [3.8, 4) is 0 Å². The van der Waals surface area contributed by atoms with E-state index in [2.05, 4.69) is 10.2 Å². The van der Waals surface area contributed by atoms with E-state index in [9.17, 15) is 7.77 Å². The predicted octanol–water partition coefficient (Wildman–Crippen LogP) is 1.88. The maximum Gasteiger partial charge on any atom is 0.268 e. The van der Waals surface area contributed by atoms with Gasteiger partial charge in [-0.25, -0.2) is 0 Å². The molecule has 2 aromatic rings. The van der Waals surface area contributed by atoms with E-state index in [1.54, 1.807) is 0 Å². The van der Waals surface area contributed by atoms with Crippen molar-refractivity contribution in [1.29, 1.82) is 0 Å². The van der Waals surface area contributed by atoms with Crippen LogP contribution in [0.1, 0.15) is 0 Å². The average Bonchev–Trinajstić information content (AvgIpc) is 2.78. The Morgan fingerprint density at radius 2 is 1.38 bits per heavy atom. The predicted molar refractivity (Wildman–Crippen MR) is 45.1 cm³/mol. The van der Waals surface area contributed by atoms with Crippen LogP contribution in [0.3, 0.4) is 0 Å². The van der Waals surface area contributed by atoms with Crippen molar-refractivity contribution in [1.82, 2.24) is 18.4 Å². The van der Waals surface area contributed by atoms with Gasteiger partial charge in [0.05, 0.1) is 12.4 Å². The molecule has 0 spiro atoms. The van der Waals surface area contributed by atoms with E-state index >= 15 is 0 Å². The van der Waals surface area contributed by atoms with Crippen LogP contribution in [0.2, 0.25) is 0 Å². The molecule has 13 heavy (non-hydrogen) atoms. The summed E-state index contributed by atoms with van der Waals surface area (Å²) in [4.78, 5) is 0. The molecule has 0 unspecified atom stereocenters. The van der Waals surface area contributed by atoms with Crippen LogP contribution in [0.25, 0.3) is 0 Å². The normalized spacial score (nSPS) is 13.1. The van der Waals surface area contributed by atoms with Gasteiger partial charge in [-0.3, -0.25) is 0 Å². The smallest absolute Gasteiger partial charge is 0.166 e. The van der Waals surface area contributed by atoms with Crippen LogP contribution in [-0.4, -0.2) is 18.4 Å². The topological polar surface area (TPSA) is 35.6 Å². The van der Waals surface area contributed by atoms with E-state index in [0.717, 1.165) is 0 Å². The molecule has 0 atom stereocenters. The molecule has 4 nitrogen and oxygen atoms in total. The largest absolute Gasteiger partial charge is 0.268 e. The number of aromatic nitrogens is 4. The Bertz CT molecular complexity index is 333. The highest BCUT2D eigenvalue weighted by atomic mass is 32.3. The van der Waals surface area contributed by atoms with E-state index < -0.39 is 11.2 Å². The summed E-state index contributed by atoms with van der Waals surface area (Å²) >= 11 is -4.14. The van der Waals surface area contributed by atoms with Gasteiger partial charge in [0.15, 0.2) is 0 Å². The lowest BCUT2D eigenvalue weighted by atomic mass is 10.8. The van der Waals surface area contributed by atoms with Gasteiger partial charge in [-0.1, -0.05) is 0 Å². The third-order valence-electron chi connectivity index (χ3n) is 1.41. The third-order valence-corrected chi connectivity index (χ3v) is 2.74. The maximum atomic E-state index is 13.4. The monoisotopic (exact) mass is 204 g/mol. The van der Waals surface area contributed by atoms with Crippen molar-refractivity contribution in [3.63, 3.8) is 0 Å². The first-order chi connectivity index (χ1) is 6.21. The van der Waals surface area contributed by atoms with Crippen LogP contribution in [0, 0.1) is 0 Å². The van der Waals surface area contributed by atoms with Crippen molar-refractivity contribution in [2.75, 3.05) is 0 Å². The lowest BCUT2D eigenvalue weighted by Gasteiger charge is -2.19. The first kappa shape index (κ1) is 8.24. The van der Waals surface area contributed by atoms with Crippen molar-refractivity contribution in [3.05, 3.63) is 36.9 Å². The minimum absolute atomic E-state index is 0.625. The number of nitrogens with zero attached hydrogens (tertiary/aromatic N) is 4. The fourth-order valence-electron chi connectivity index (χ4n) is 0.855. The zero-order valence-electron chi connectivity index (χ0n) is 6.42. The van der Waals surface area contributed by atoms with Crippen LogP contribution in [-0.2, 0) is 0 Å². The van der Waals surface area contributed by atoms with Gasteiger partial charge in [0.2, 0.25) is 0 Å².